The van der Waals surface area contributed by atoms with Crippen molar-refractivity contribution in [2.75, 3.05) is 31.6 Å². The van der Waals surface area contributed by atoms with Crippen molar-refractivity contribution in [3.8, 4) is 11.5 Å². The molecule has 1 N–H and O–H groups in total. The summed E-state index contributed by atoms with van der Waals surface area (Å²) < 4.78 is 11.2. The van der Waals surface area contributed by atoms with Gasteiger partial charge in [-0.3, -0.25) is 9.79 Å². The van der Waals surface area contributed by atoms with Crippen LogP contribution < -0.4 is 14.8 Å². The number of carbonyl (C=O) groups is 1. The van der Waals surface area contributed by atoms with Crippen molar-refractivity contribution in [3.05, 3.63) is 59.0 Å². The number of fused-ring (bicyclic) bond motifs is 1. The van der Waals surface area contributed by atoms with Crippen LogP contribution in [0, 0.1) is 0 Å². The number of hydrogen-bond acceptors (Lipinski definition) is 6. The first-order valence-electron chi connectivity index (χ1n) is 9.70. The molecule has 4 rings (SSSR count). The van der Waals surface area contributed by atoms with Gasteiger partial charge in [-0.1, -0.05) is 23.9 Å². The molecule has 0 spiro atoms. The maximum atomic E-state index is 12.7. The van der Waals surface area contributed by atoms with Gasteiger partial charge in [-0.05, 0) is 49.7 Å². The van der Waals surface area contributed by atoms with Gasteiger partial charge in [-0.15, -0.1) is 0 Å². The lowest BCUT2D eigenvalue weighted by Gasteiger charge is -2.17. The quantitative estimate of drug-likeness (QED) is 0.732. The van der Waals surface area contributed by atoms with Crippen molar-refractivity contribution in [3.63, 3.8) is 0 Å². The van der Waals surface area contributed by atoms with E-state index in [1.165, 1.54) is 0 Å². The van der Waals surface area contributed by atoms with Crippen LogP contribution in [0.1, 0.15) is 29.8 Å². The van der Waals surface area contributed by atoms with Gasteiger partial charge in [0, 0.05) is 23.2 Å². The predicted octanol–water partition coefficient (Wildman–Crippen LogP) is 4.45. The van der Waals surface area contributed by atoms with Crippen molar-refractivity contribution in [1.82, 2.24) is 4.90 Å². The van der Waals surface area contributed by atoms with Crippen LogP contribution in [0.25, 0.3) is 5.70 Å². The number of nitrogens with zero attached hydrogens (tertiary/aromatic N) is 2. The molecule has 0 saturated carbocycles. The van der Waals surface area contributed by atoms with Crippen LogP contribution in [-0.2, 0) is 0 Å². The molecule has 0 radical (unpaired) electrons. The van der Waals surface area contributed by atoms with E-state index in [2.05, 4.69) is 20.6 Å². The number of rotatable bonds is 7. The van der Waals surface area contributed by atoms with E-state index in [9.17, 15) is 4.79 Å². The maximum absolute atomic E-state index is 12.7. The number of benzene rings is 2. The summed E-state index contributed by atoms with van der Waals surface area (Å²) in [5.41, 5.74) is 3.54. The minimum Gasteiger partial charge on any atom is -0.490 e. The predicted molar refractivity (Wildman–Crippen MR) is 118 cm³/mol. The van der Waals surface area contributed by atoms with Crippen molar-refractivity contribution in [2.24, 2.45) is 4.99 Å². The van der Waals surface area contributed by atoms with Crippen LogP contribution in [0.2, 0.25) is 0 Å². The Hall–Kier alpha value is -2.93. The van der Waals surface area contributed by atoms with Gasteiger partial charge in [0.2, 0.25) is 0 Å². The fourth-order valence-electron chi connectivity index (χ4n) is 3.27. The third-order valence-electron chi connectivity index (χ3n) is 4.61. The van der Waals surface area contributed by atoms with Gasteiger partial charge in [0.05, 0.1) is 25.5 Å². The lowest BCUT2D eigenvalue weighted by atomic mass is 10.1. The zero-order valence-electron chi connectivity index (χ0n) is 16.5. The lowest BCUT2D eigenvalue weighted by molar-refractivity contribution is 0.102. The Morgan fingerprint density at radius 3 is 2.62 bits per heavy atom. The van der Waals surface area contributed by atoms with Crippen LogP contribution in [-0.4, -0.2) is 42.3 Å². The van der Waals surface area contributed by atoms with E-state index in [-0.39, 0.29) is 5.91 Å². The molecule has 0 saturated heterocycles. The van der Waals surface area contributed by atoms with Crippen LogP contribution in [0.4, 0.5) is 5.69 Å². The third-order valence-corrected chi connectivity index (χ3v) is 5.51. The minimum atomic E-state index is -0.189. The smallest absolute Gasteiger partial charge is 0.255 e. The van der Waals surface area contributed by atoms with Crippen LogP contribution in [0.15, 0.2) is 52.9 Å². The zero-order valence-corrected chi connectivity index (χ0v) is 17.3. The van der Waals surface area contributed by atoms with Crippen molar-refractivity contribution < 1.29 is 14.3 Å². The first-order chi connectivity index (χ1) is 14.2. The molecule has 0 unspecified atom stereocenters. The van der Waals surface area contributed by atoms with E-state index in [1.54, 1.807) is 30.0 Å². The van der Waals surface area contributed by atoms with Gasteiger partial charge in [0.1, 0.15) is 0 Å². The Morgan fingerprint density at radius 2 is 1.86 bits per heavy atom. The largest absolute Gasteiger partial charge is 0.490 e. The molecule has 0 atom stereocenters. The standard InChI is InChI=1S/C22H23N3O3S/c1-3-27-19-10-7-16(13-20(19)28-4-2)21(26)24-17-8-5-15(6-9-17)18-14-29-22-23-11-12-25(18)22/h5-10,13-14H,3-4,11-12H2,1-2H3,(H,24,26). The highest BCUT2D eigenvalue weighted by Crippen LogP contribution is 2.35. The summed E-state index contributed by atoms with van der Waals surface area (Å²) in [5, 5.41) is 6.14. The highest BCUT2D eigenvalue weighted by Gasteiger charge is 2.26. The Labute approximate surface area is 174 Å². The number of ether oxygens (including phenoxy) is 2. The molecule has 0 aliphatic carbocycles. The number of nitrogens with one attached hydrogen (secondary N) is 1. The van der Waals surface area contributed by atoms with Gasteiger partial charge in [-0.2, -0.15) is 0 Å². The molecule has 29 heavy (non-hydrogen) atoms. The molecular formula is C22H23N3O3S. The Kier molecular flexibility index (Phi) is 5.76. The van der Waals surface area contributed by atoms with E-state index in [0.717, 1.165) is 35.2 Å². The molecule has 150 valence electrons. The number of amides is 1. The summed E-state index contributed by atoms with van der Waals surface area (Å²) in [5.74, 6) is 1.03. The molecular weight excluding hydrogens is 386 g/mol. The number of amidine groups is 1. The third kappa shape index (κ3) is 4.10. The molecule has 0 bridgehead atoms. The fourth-order valence-corrected chi connectivity index (χ4v) is 4.23. The summed E-state index contributed by atoms with van der Waals surface area (Å²) in [6.07, 6.45) is 0. The molecule has 6 nitrogen and oxygen atoms in total. The van der Waals surface area contributed by atoms with Gasteiger partial charge in [0.15, 0.2) is 16.7 Å². The van der Waals surface area contributed by atoms with E-state index in [1.807, 2.05) is 38.1 Å². The molecule has 2 aromatic carbocycles. The van der Waals surface area contributed by atoms with E-state index < -0.39 is 0 Å². The second-order valence-corrected chi connectivity index (χ2v) is 7.33. The van der Waals surface area contributed by atoms with Crippen molar-refractivity contribution in [1.29, 1.82) is 0 Å². The summed E-state index contributed by atoms with van der Waals surface area (Å²) in [6, 6.07) is 13.1. The van der Waals surface area contributed by atoms with Crippen LogP contribution in [0.3, 0.4) is 0 Å². The summed E-state index contributed by atoms with van der Waals surface area (Å²) in [7, 11) is 0. The number of hydrogen-bond donors (Lipinski definition) is 1. The van der Waals surface area contributed by atoms with Crippen molar-refractivity contribution >= 4 is 34.2 Å². The monoisotopic (exact) mass is 409 g/mol. The second-order valence-electron chi connectivity index (χ2n) is 6.50. The Balaban J connectivity index is 1.46. The normalized spacial score (nSPS) is 14.9. The van der Waals surface area contributed by atoms with E-state index in [0.29, 0.717) is 30.3 Å². The topological polar surface area (TPSA) is 63.2 Å². The number of anilines is 1. The summed E-state index contributed by atoms with van der Waals surface area (Å²) >= 11 is 1.66. The van der Waals surface area contributed by atoms with Gasteiger partial charge in [0.25, 0.3) is 5.91 Å². The SMILES string of the molecule is CCOc1ccc(C(=O)Nc2ccc(C3=CSC4=NCCN34)cc2)cc1OCC. The van der Waals surface area contributed by atoms with Gasteiger partial charge < -0.3 is 19.7 Å². The van der Waals surface area contributed by atoms with E-state index in [4.69, 9.17) is 9.47 Å². The number of thioether (sulfide) groups is 1. The minimum absolute atomic E-state index is 0.189. The molecule has 2 aromatic rings. The maximum Gasteiger partial charge on any atom is 0.255 e. The summed E-state index contributed by atoms with van der Waals surface area (Å²) in [4.78, 5) is 19.4. The second kappa shape index (κ2) is 8.61. The van der Waals surface area contributed by atoms with Gasteiger partial charge >= 0.3 is 0 Å². The highest BCUT2D eigenvalue weighted by atomic mass is 32.2. The first-order valence-corrected chi connectivity index (χ1v) is 10.6. The van der Waals surface area contributed by atoms with Crippen LogP contribution in [0.5, 0.6) is 11.5 Å². The molecule has 2 aliphatic heterocycles. The zero-order chi connectivity index (χ0) is 20.2. The highest BCUT2D eigenvalue weighted by molar-refractivity contribution is 8.16. The Bertz CT molecular complexity index is 970. The fraction of sp³-hybridized carbons (Fsp3) is 0.273. The molecule has 7 heteroatoms. The molecule has 2 heterocycles. The van der Waals surface area contributed by atoms with Crippen LogP contribution >= 0.6 is 11.8 Å². The lowest BCUT2D eigenvalue weighted by Crippen LogP contribution is -2.19. The number of aliphatic imine (C=N–C) groups is 1. The molecule has 0 aromatic heterocycles. The first kappa shape index (κ1) is 19.4. The molecule has 0 fully saturated rings. The van der Waals surface area contributed by atoms with E-state index >= 15 is 0 Å². The Morgan fingerprint density at radius 1 is 1.10 bits per heavy atom. The average molecular weight is 410 g/mol. The molecule has 1 amide bonds. The average Bonchev–Trinajstić information content (AvgIpc) is 3.34. The summed E-state index contributed by atoms with van der Waals surface area (Å²) in [6.45, 7) is 6.63. The number of carbonyl (C=O) groups excluding carboxylic acids is 1. The molecule has 2 aliphatic rings. The van der Waals surface area contributed by atoms with Crippen molar-refractivity contribution in [2.45, 2.75) is 13.8 Å². The van der Waals surface area contributed by atoms with Gasteiger partial charge in [-0.25, -0.2) is 0 Å².